The number of carbonyl (C=O) groups excluding carboxylic acids is 1. The molecular formula is C21H33NO3. The van der Waals surface area contributed by atoms with Crippen LogP contribution in [-0.4, -0.2) is 25.3 Å². The Morgan fingerprint density at radius 3 is 2.48 bits per heavy atom. The second-order valence-electron chi connectivity index (χ2n) is 6.97. The van der Waals surface area contributed by atoms with Crippen LogP contribution < -0.4 is 10.1 Å². The van der Waals surface area contributed by atoms with Crippen molar-refractivity contribution in [3.63, 3.8) is 0 Å². The van der Waals surface area contributed by atoms with Crippen molar-refractivity contribution in [2.24, 2.45) is 0 Å². The highest BCUT2D eigenvalue weighted by atomic mass is 16.6. The van der Waals surface area contributed by atoms with E-state index in [2.05, 4.69) is 43.4 Å². The molecule has 0 spiro atoms. The number of benzene rings is 1. The predicted molar refractivity (Wildman–Crippen MR) is 101 cm³/mol. The van der Waals surface area contributed by atoms with Gasteiger partial charge >= 0.3 is 6.09 Å². The molecule has 1 amide bonds. The standard InChI is InChI=1S/C21H33NO3/c1-3-5-6-7-8-9-14-24-20-12-10-18(11-13-20)17(4-2)15-19-16-25-21(23)22-19/h10-13,17,19H,3-9,14-16H2,1-2H3,(H,22,23)/t17-,19?/m1/s1. The average molecular weight is 347 g/mol. The Kier molecular flexibility index (Phi) is 8.64. The summed E-state index contributed by atoms with van der Waals surface area (Å²) in [4.78, 5) is 11.2. The minimum Gasteiger partial charge on any atom is -0.494 e. The van der Waals surface area contributed by atoms with E-state index in [-0.39, 0.29) is 12.1 Å². The van der Waals surface area contributed by atoms with Crippen LogP contribution in [0.4, 0.5) is 4.79 Å². The van der Waals surface area contributed by atoms with Crippen LogP contribution in [0.25, 0.3) is 0 Å². The van der Waals surface area contributed by atoms with Gasteiger partial charge in [0.2, 0.25) is 0 Å². The van der Waals surface area contributed by atoms with E-state index >= 15 is 0 Å². The smallest absolute Gasteiger partial charge is 0.407 e. The first-order valence-electron chi connectivity index (χ1n) is 9.89. The molecule has 1 heterocycles. The molecule has 0 aromatic heterocycles. The van der Waals surface area contributed by atoms with Crippen molar-refractivity contribution >= 4 is 6.09 Å². The fourth-order valence-electron chi connectivity index (χ4n) is 3.34. The Labute approximate surface area is 152 Å². The molecule has 1 saturated heterocycles. The lowest BCUT2D eigenvalue weighted by Crippen LogP contribution is -2.27. The third-order valence-corrected chi connectivity index (χ3v) is 4.92. The fourth-order valence-corrected chi connectivity index (χ4v) is 3.34. The molecule has 1 aliphatic heterocycles. The minimum absolute atomic E-state index is 0.126. The molecule has 0 saturated carbocycles. The molecule has 1 aromatic carbocycles. The second-order valence-corrected chi connectivity index (χ2v) is 6.97. The molecule has 1 fully saturated rings. The van der Waals surface area contributed by atoms with Gasteiger partial charge in [-0.15, -0.1) is 0 Å². The van der Waals surface area contributed by atoms with Gasteiger partial charge in [0, 0.05) is 0 Å². The summed E-state index contributed by atoms with van der Waals surface area (Å²) < 4.78 is 10.8. The zero-order chi connectivity index (χ0) is 17.9. The van der Waals surface area contributed by atoms with Crippen LogP contribution in [0.2, 0.25) is 0 Å². The summed E-state index contributed by atoms with van der Waals surface area (Å²) in [5, 5.41) is 2.87. The molecule has 2 rings (SSSR count). The van der Waals surface area contributed by atoms with Crippen LogP contribution in [0.15, 0.2) is 24.3 Å². The lowest BCUT2D eigenvalue weighted by Gasteiger charge is -2.18. The highest BCUT2D eigenvalue weighted by Gasteiger charge is 2.25. The Morgan fingerprint density at radius 2 is 1.84 bits per heavy atom. The molecule has 1 unspecified atom stereocenters. The molecule has 4 heteroatoms. The highest BCUT2D eigenvalue weighted by Crippen LogP contribution is 2.27. The van der Waals surface area contributed by atoms with Gasteiger partial charge in [-0.25, -0.2) is 4.79 Å². The van der Waals surface area contributed by atoms with Gasteiger partial charge in [-0.2, -0.15) is 0 Å². The largest absolute Gasteiger partial charge is 0.494 e. The molecule has 1 aliphatic rings. The molecule has 0 bridgehead atoms. The van der Waals surface area contributed by atoms with Gasteiger partial charge in [-0.05, 0) is 42.9 Å². The topological polar surface area (TPSA) is 47.6 Å². The van der Waals surface area contributed by atoms with E-state index in [0.29, 0.717) is 12.5 Å². The molecule has 0 aliphatic carbocycles. The molecule has 4 nitrogen and oxygen atoms in total. The Balaban J connectivity index is 1.71. The van der Waals surface area contributed by atoms with Crippen molar-refractivity contribution in [2.75, 3.05) is 13.2 Å². The normalized spacial score (nSPS) is 17.8. The number of ether oxygens (including phenoxy) is 2. The summed E-state index contributed by atoms with van der Waals surface area (Å²) >= 11 is 0. The highest BCUT2D eigenvalue weighted by molar-refractivity contribution is 5.69. The summed E-state index contributed by atoms with van der Waals surface area (Å²) in [5.74, 6) is 1.38. The quantitative estimate of drug-likeness (QED) is 0.514. The Hall–Kier alpha value is -1.71. The molecule has 25 heavy (non-hydrogen) atoms. The number of hydrogen-bond donors (Lipinski definition) is 1. The zero-order valence-corrected chi connectivity index (χ0v) is 15.8. The maximum absolute atomic E-state index is 11.2. The number of rotatable bonds is 12. The van der Waals surface area contributed by atoms with Gasteiger partial charge in [0.1, 0.15) is 12.4 Å². The molecule has 2 atom stereocenters. The first kappa shape index (κ1) is 19.6. The van der Waals surface area contributed by atoms with Gasteiger partial charge in [0.05, 0.1) is 12.6 Å². The average Bonchev–Trinajstić information content (AvgIpc) is 3.04. The lowest BCUT2D eigenvalue weighted by molar-refractivity contribution is 0.176. The zero-order valence-electron chi connectivity index (χ0n) is 15.8. The Bertz CT molecular complexity index is 500. The van der Waals surface area contributed by atoms with Crippen LogP contribution in [0.1, 0.15) is 76.7 Å². The van der Waals surface area contributed by atoms with Gasteiger partial charge in [-0.3, -0.25) is 0 Å². The SMILES string of the molecule is CCCCCCCCOc1ccc([C@H](CC)CC2COC(=O)N2)cc1. The molecular weight excluding hydrogens is 314 g/mol. The van der Waals surface area contributed by atoms with Crippen LogP contribution in [-0.2, 0) is 4.74 Å². The Morgan fingerprint density at radius 1 is 1.12 bits per heavy atom. The molecule has 140 valence electrons. The third kappa shape index (κ3) is 6.97. The van der Waals surface area contributed by atoms with Crippen LogP contribution in [0.3, 0.4) is 0 Å². The van der Waals surface area contributed by atoms with Crippen LogP contribution in [0, 0.1) is 0 Å². The molecule has 1 aromatic rings. The van der Waals surface area contributed by atoms with Crippen molar-refractivity contribution in [3.05, 3.63) is 29.8 Å². The minimum atomic E-state index is -0.293. The fraction of sp³-hybridized carbons (Fsp3) is 0.667. The number of unbranched alkanes of at least 4 members (excludes halogenated alkanes) is 5. The molecule has 0 radical (unpaired) electrons. The summed E-state index contributed by atoms with van der Waals surface area (Å²) in [6, 6.07) is 8.57. The van der Waals surface area contributed by atoms with E-state index < -0.39 is 0 Å². The number of carbonyl (C=O) groups is 1. The van der Waals surface area contributed by atoms with Crippen molar-refractivity contribution in [3.8, 4) is 5.75 Å². The predicted octanol–water partition coefficient (Wildman–Crippen LogP) is 5.42. The number of alkyl carbamates (subject to hydrolysis) is 1. The number of cyclic esters (lactones) is 1. The monoisotopic (exact) mass is 347 g/mol. The maximum atomic E-state index is 11.2. The summed E-state index contributed by atoms with van der Waals surface area (Å²) in [6.07, 6.45) is 9.35. The van der Waals surface area contributed by atoms with E-state index in [9.17, 15) is 4.79 Å². The van der Waals surface area contributed by atoms with Gasteiger partial charge in [0.15, 0.2) is 0 Å². The van der Waals surface area contributed by atoms with Crippen molar-refractivity contribution < 1.29 is 14.3 Å². The number of amides is 1. The summed E-state index contributed by atoms with van der Waals surface area (Å²) in [7, 11) is 0. The van der Waals surface area contributed by atoms with E-state index in [1.165, 1.54) is 37.7 Å². The maximum Gasteiger partial charge on any atom is 0.407 e. The first-order valence-corrected chi connectivity index (χ1v) is 9.89. The number of nitrogens with one attached hydrogen (secondary N) is 1. The van der Waals surface area contributed by atoms with Gasteiger partial charge in [-0.1, -0.05) is 58.1 Å². The second kappa shape index (κ2) is 11.0. The van der Waals surface area contributed by atoms with Crippen molar-refractivity contribution in [1.29, 1.82) is 0 Å². The van der Waals surface area contributed by atoms with E-state index in [1.54, 1.807) is 0 Å². The van der Waals surface area contributed by atoms with E-state index in [4.69, 9.17) is 9.47 Å². The third-order valence-electron chi connectivity index (χ3n) is 4.92. The summed E-state index contributed by atoms with van der Waals surface area (Å²) in [6.45, 7) is 5.71. The lowest BCUT2D eigenvalue weighted by atomic mass is 9.90. The van der Waals surface area contributed by atoms with E-state index in [1.807, 2.05) is 0 Å². The van der Waals surface area contributed by atoms with Crippen LogP contribution >= 0.6 is 0 Å². The van der Waals surface area contributed by atoms with Gasteiger partial charge in [0.25, 0.3) is 0 Å². The first-order chi connectivity index (χ1) is 12.2. The van der Waals surface area contributed by atoms with Crippen LogP contribution in [0.5, 0.6) is 5.75 Å². The van der Waals surface area contributed by atoms with Gasteiger partial charge < -0.3 is 14.8 Å². The molecule has 1 N–H and O–H groups in total. The number of hydrogen-bond acceptors (Lipinski definition) is 3. The van der Waals surface area contributed by atoms with E-state index in [0.717, 1.165) is 31.6 Å². The summed E-state index contributed by atoms with van der Waals surface area (Å²) in [5.41, 5.74) is 1.30. The van der Waals surface area contributed by atoms with Crippen molar-refractivity contribution in [2.45, 2.75) is 77.2 Å². The van der Waals surface area contributed by atoms with Crippen molar-refractivity contribution in [1.82, 2.24) is 5.32 Å².